The fraction of sp³-hybridized carbons (Fsp3) is 0.500. The third kappa shape index (κ3) is 3.53. The van der Waals surface area contributed by atoms with Gasteiger partial charge in [-0.15, -0.1) is 0 Å². The number of pyridine rings is 1. The summed E-state index contributed by atoms with van der Waals surface area (Å²) in [5.74, 6) is 0.524. The van der Waals surface area contributed by atoms with Gasteiger partial charge >= 0.3 is 0 Å². The maximum Gasteiger partial charge on any atom is 0.254 e. The van der Waals surface area contributed by atoms with Crippen molar-refractivity contribution >= 4 is 11.6 Å². The number of nitrogens with zero attached hydrogens (tertiary/aromatic N) is 1. The zero-order chi connectivity index (χ0) is 12.0. The summed E-state index contributed by atoms with van der Waals surface area (Å²) < 4.78 is 0. The molecule has 88 valence electrons. The molecule has 0 unspecified atom stereocenters. The van der Waals surface area contributed by atoms with E-state index in [-0.39, 0.29) is 5.91 Å². The van der Waals surface area contributed by atoms with Gasteiger partial charge in [-0.05, 0) is 18.4 Å². The van der Waals surface area contributed by atoms with Crippen molar-refractivity contribution in [3.05, 3.63) is 24.0 Å². The average Bonchev–Trinajstić information content (AvgIpc) is 2.28. The van der Waals surface area contributed by atoms with Crippen LogP contribution < -0.4 is 10.6 Å². The highest BCUT2D eigenvalue weighted by atomic mass is 16.1. The van der Waals surface area contributed by atoms with Crippen LogP contribution in [0.25, 0.3) is 0 Å². The third-order valence-corrected chi connectivity index (χ3v) is 2.34. The lowest BCUT2D eigenvalue weighted by Crippen LogP contribution is -2.26. The molecule has 16 heavy (non-hydrogen) atoms. The van der Waals surface area contributed by atoms with E-state index in [9.17, 15) is 4.79 Å². The van der Waals surface area contributed by atoms with Crippen LogP contribution in [0.2, 0.25) is 0 Å². The summed E-state index contributed by atoms with van der Waals surface area (Å²) >= 11 is 0. The van der Waals surface area contributed by atoms with Crippen molar-refractivity contribution < 1.29 is 4.79 Å². The average molecular weight is 221 g/mol. The van der Waals surface area contributed by atoms with Crippen LogP contribution in [0.3, 0.4) is 0 Å². The molecule has 0 atom stereocenters. The molecular formula is C12H19N3O. The lowest BCUT2D eigenvalue weighted by atomic mass is 10.1. The summed E-state index contributed by atoms with van der Waals surface area (Å²) in [5.41, 5.74) is 1.39. The Balaban J connectivity index is 2.59. The highest BCUT2D eigenvalue weighted by Gasteiger charge is 2.09. The first-order valence-electron chi connectivity index (χ1n) is 5.55. The fourth-order valence-electron chi connectivity index (χ4n) is 1.36. The van der Waals surface area contributed by atoms with E-state index in [0.29, 0.717) is 18.0 Å². The fourth-order valence-corrected chi connectivity index (χ4v) is 1.36. The minimum atomic E-state index is -0.0712. The van der Waals surface area contributed by atoms with Crippen LogP contribution in [0.1, 0.15) is 30.6 Å². The summed E-state index contributed by atoms with van der Waals surface area (Å²) in [4.78, 5) is 15.8. The molecule has 0 spiro atoms. The van der Waals surface area contributed by atoms with Crippen LogP contribution in [0.4, 0.5) is 5.69 Å². The molecule has 0 bridgehead atoms. The Labute approximate surface area is 96.5 Å². The second kappa shape index (κ2) is 6.10. The Bertz CT molecular complexity index is 350. The second-order valence-corrected chi connectivity index (χ2v) is 4.11. The Morgan fingerprint density at radius 1 is 1.50 bits per heavy atom. The van der Waals surface area contributed by atoms with Gasteiger partial charge in [0.1, 0.15) is 0 Å². The first-order valence-corrected chi connectivity index (χ1v) is 5.55. The van der Waals surface area contributed by atoms with Gasteiger partial charge in [0.25, 0.3) is 5.91 Å². The molecule has 0 fully saturated rings. The van der Waals surface area contributed by atoms with E-state index in [1.807, 2.05) is 0 Å². The molecule has 1 amide bonds. The SMILES string of the molecule is CNc1ccncc1C(=O)NCCC(C)C. The predicted molar refractivity (Wildman–Crippen MR) is 65.6 cm³/mol. The van der Waals surface area contributed by atoms with Gasteiger partial charge in [-0.2, -0.15) is 0 Å². The summed E-state index contributed by atoms with van der Waals surface area (Å²) in [7, 11) is 1.79. The molecule has 2 N–H and O–H groups in total. The predicted octanol–water partition coefficient (Wildman–Crippen LogP) is 1.90. The first-order chi connectivity index (χ1) is 7.65. The molecule has 4 heteroatoms. The van der Waals surface area contributed by atoms with Crippen molar-refractivity contribution in [3.8, 4) is 0 Å². The second-order valence-electron chi connectivity index (χ2n) is 4.11. The minimum absolute atomic E-state index is 0.0712. The smallest absolute Gasteiger partial charge is 0.254 e. The molecule has 0 saturated heterocycles. The highest BCUT2D eigenvalue weighted by molar-refractivity contribution is 5.99. The quantitative estimate of drug-likeness (QED) is 0.798. The topological polar surface area (TPSA) is 54.0 Å². The summed E-state index contributed by atoms with van der Waals surface area (Å²) in [6, 6.07) is 1.79. The number of carbonyl (C=O) groups is 1. The van der Waals surface area contributed by atoms with Crippen LogP contribution in [-0.2, 0) is 0 Å². The van der Waals surface area contributed by atoms with Crippen molar-refractivity contribution in [1.29, 1.82) is 0 Å². The maximum absolute atomic E-state index is 11.8. The van der Waals surface area contributed by atoms with E-state index < -0.39 is 0 Å². The van der Waals surface area contributed by atoms with Crippen molar-refractivity contribution in [1.82, 2.24) is 10.3 Å². The number of hydrogen-bond acceptors (Lipinski definition) is 3. The van der Waals surface area contributed by atoms with Crippen LogP contribution >= 0.6 is 0 Å². The molecule has 0 aliphatic heterocycles. The van der Waals surface area contributed by atoms with Gasteiger partial charge in [-0.1, -0.05) is 13.8 Å². The van der Waals surface area contributed by atoms with Crippen LogP contribution in [0.15, 0.2) is 18.5 Å². The molecule has 4 nitrogen and oxygen atoms in total. The largest absolute Gasteiger partial charge is 0.387 e. The van der Waals surface area contributed by atoms with Gasteiger partial charge < -0.3 is 10.6 Å². The molecule has 0 radical (unpaired) electrons. The summed E-state index contributed by atoms with van der Waals surface area (Å²) in [6.07, 6.45) is 4.23. The molecule has 1 rings (SSSR count). The lowest BCUT2D eigenvalue weighted by molar-refractivity contribution is 0.0952. The van der Waals surface area contributed by atoms with Gasteiger partial charge in [0.05, 0.1) is 5.56 Å². The van der Waals surface area contributed by atoms with E-state index in [0.717, 1.165) is 12.1 Å². The van der Waals surface area contributed by atoms with E-state index >= 15 is 0 Å². The van der Waals surface area contributed by atoms with Gasteiger partial charge in [0, 0.05) is 31.7 Å². The number of anilines is 1. The molecule has 0 aromatic carbocycles. The Hall–Kier alpha value is -1.58. The van der Waals surface area contributed by atoms with E-state index in [1.165, 1.54) is 0 Å². The summed E-state index contributed by atoms with van der Waals surface area (Å²) in [5, 5.41) is 5.86. The molecule has 1 heterocycles. The monoisotopic (exact) mass is 221 g/mol. The van der Waals surface area contributed by atoms with Crippen LogP contribution in [0.5, 0.6) is 0 Å². The highest BCUT2D eigenvalue weighted by Crippen LogP contribution is 2.12. The number of nitrogens with one attached hydrogen (secondary N) is 2. The maximum atomic E-state index is 11.8. The zero-order valence-electron chi connectivity index (χ0n) is 10.1. The van der Waals surface area contributed by atoms with Gasteiger partial charge in [-0.25, -0.2) is 0 Å². The van der Waals surface area contributed by atoms with Crippen LogP contribution in [-0.4, -0.2) is 24.5 Å². The number of carbonyl (C=O) groups excluding carboxylic acids is 1. The van der Waals surface area contributed by atoms with E-state index in [1.54, 1.807) is 25.5 Å². The van der Waals surface area contributed by atoms with Crippen molar-refractivity contribution in [3.63, 3.8) is 0 Å². The number of hydrogen-bond donors (Lipinski definition) is 2. The van der Waals surface area contributed by atoms with E-state index in [4.69, 9.17) is 0 Å². The molecule has 0 saturated carbocycles. The standard InChI is InChI=1S/C12H19N3O/c1-9(2)4-7-15-12(16)10-8-14-6-5-11(10)13-3/h5-6,8-9H,4,7H2,1-3H3,(H,13,14)(H,15,16). The van der Waals surface area contributed by atoms with Gasteiger partial charge in [-0.3, -0.25) is 9.78 Å². The summed E-state index contributed by atoms with van der Waals surface area (Å²) in [6.45, 7) is 4.97. The van der Waals surface area contributed by atoms with Gasteiger partial charge in [0.15, 0.2) is 0 Å². The first kappa shape index (κ1) is 12.5. The number of rotatable bonds is 5. The van der Waals surface area contributed by atoms with Crippen molar-refractivity contribution in [2.45, 2.75) is 20.3 Å². The Morgan fingerprint density at radius 3 is 2.88 bits per heavy atom. The van der Waals surface area contributed by atoms with Crippen LogP contribution in [0, 0.1) is 5.92 Å². The third-order valence-electron chi connectivity index (χ3n) is 2.34. The number of aromatic nitrogens is 1. The zero-order valence-corrected chi connectivity index (χ0v) is 10.1. The van der Waals surface area contributed by atoms with Crippen molar-refractivity contribution in [2.24, 2.45) is 5.92 Å². The normalized spacial score (nSPS) is 10.2. The minimum Gasteiger partial charge on any atom is -0.387 e. The molecule has 1 aromatic rings. The number of amides is 1. The van der Waals surface area contributed by atoms with Crippen molar-refractivity contribution in [2.75, 3.05) is 18.9 Å². The van der Waals surface area contributed by atoms with Gasteiger partial charge in [0.2, 0.25) is 0 Å². The lowest BCUT2D eigenvalue weighted by Gasteiger charge is -2.09. The molecular weight excluding hydrogens is 202 g/mol. The molecule has 1 aromatic heterocycles. The van der Waals surface area contributed by atoms with E-state index in [2.05, 4.69) is 29.5 Å². The molecule has 0 aliphatic carbocycles. The Morgan fingerprint density at radius 2 is 2.25 bits per heavy atom. The molecule has 0 aliphatic rings. The Kier molecular flexibility index (Phi) is 4.76.